The van der Waals surface area contributed by atoms with Crippen molar-refractivity contribution in [2.75, 3.05) is 0 Å². The summed E-state index contributed by atoms with van der Waals surface area (Å²) in [5.41, 5.74) is -0.143. The highest BCUT2D eigenvalue weighted by atomic mass is 79.9. The second-order valence-corrected chi connectivity index (χ2v) is 4.42. The molecule has 0 spiro atoms. The molecule has 0 bridgehead atoms. The highest BCUT2D eigenvalue weighted by molar-refractivity contribution is 9.10. The van der Waals surface area contributed by atoms with Gasteiger partial charge in [-0.3, -0.25) is 4.57 Å². The van der Waals surface area contributed by atoms with Gasteiger partial charge in [0.25, 0.3) is 0 Å². The summed E-state index contributed by atoms with van der Waals surface area (Å²) in [6.07, 6.45) is 7.16. The fraction of sp³-hybridized carbons (Fsp3) is 0.556. The molecular weight excluding hydrogens is 232 g/mol. The van der Waals surface area contributed by atoms with Crippen LogP contribution in [0.1, 0.15) is 19.3 Å². The quantitative estimate of drug-likeness (QED) is 0.793. The fourth-order valence-corrected chi connectivity index (χ4v) is 1.86. The molecule has 1 saturated carbocycles. The Bertz CT molecular complexity index is 357. The van der Waals surface area contributed by atoms with Crippen molar-refractivity contribution >= 4 is 15.9 Å². The molecule has 0 N–H and O–H groups in total. The van der Waals surface area contributed by atoms with Gasteiger partial charge in [-0.15, -0.1) is 0 Å². The smallest absolute Gasteiger partial charge is 0.298 e. The van der Waals surface area contributed by atoms with E-state index >= 15 is 0 Å². The van der Waals surface area contributed by atoms with E-state index in [1.54, 1.807) is 10.8 Å². The summed E-state index contributed by atoms with van der Waals surface area (Å²) in [5, 5.41) is 0. The van der Waals surface area contributed by atoms with E-state index in [-0.39, 0.29) is 5.69 Å². The maximum Gasteiger partial charge on any atom is 0.347 e. The van der Waals surface area contributed by atoms with Crippen LogP contribution in [0, 0.1) is 5.92 Å². The molecule has 70 valence electrons. The highest BCUT2D eigenvalue weighted by Crippen LogP contribution is 2.27. The second-order valence-electron chi connectivity index (χ2n) is 3.50. The molecule has 3 nitrogen and oxygen atoms in total. The average molecular weight is 243 g/mol. The van der Waals surface area contributed by atoms with Crippen molar-refractivity contribution in [3.8, 4) is 0 Å². The fourth-order valence-electron chi connectivity index (χ4n) is 1.51. The van der Waals surface area contributed by atoms with E-state index in [0.717, 1.165) is 11.0 Å². The molecule has 1 aromatic rings. The molecule has 0 unspecified atom stereocenters. The third-order valence-electron chi connectivity index (χ3n) is 2.50. The SMILES string of the molecule is O=c1ncc(Br)cn1CC1CCC1. The first-order chi connectivity index (χ1) is 6.25. The maximum absolute atomic E-state index is 11.3. The van der Waals surface area contributed by atoms with E-state index in [9.17, 15) is 4.79 Å². The van der Waals surface area contributed by atoms with Crippen molar-refractivity contribution in [1.82, 2.24) is 9.55 Å². The summed E-state index contributed by atoms with van der Waals surface area (Å²) >= 11 is 3.30. The first kappa shape index (κ1) is 8.94. The number of nitrogens with zero attached hydrogens (tertiary/aromatic N) is 2. The van der Waals surface area contributed by atoms with Gasteiger partial charge in [-0.1, -0.05) is 6.42 Å². The van der Waals surface area contributed by atoms with E-state index in [4.69, 9.17) is 0 Å². The number of halogens is 1. The van der Waals surface area contributed by atoms with Crippen molar-refractivity contribution in [3.63, 3.8) is 0 Å². The Hall–Kier alpha value is -0.640. The Kier molecular flexibility index (Phi) is 2.49. The van der Waals surface area contributed by atoms with Crippen LogP contribution in [-0.4, -0.2) is 9.55 Å². The Balaban J connectivity index is 2.17. The summed E-state index contributed by atoms with van der Waals surface area (Å²) in [4.78, 5) is 15.0. The van der Waals surface area contributed by atoms with E-state index in [0.29, 0.717) is 5.92 Å². The minimum absolute atomic E-state index is 0.143. The van der Waals surface area contributed by atoms with Gasteiger partial charge in [0.15, 0.2) is 0 Å². The van der Waals surface area contributed by atoms with Gasteiger partial charge >= 0.3 is 5.69 Å². The first-order valence-corrected chi connectivity index (χ1v) is 5.27. The molecule has 0 saturated heterocycles. The lowest BCUT2D eigenvalue weighted by atomic mass is 9.85. The van der Waals surface area contributed by atoms with Crippen molar-refractivity contribution in [3.05, 3.63) is 27.4 Å². The van der Waals surface area contributed by atoms with Crippen molar-refractivity contribution in [1.29, 1.82) is 0 Å². The minimum atomic E-state index is -0.143. The van der Waals surface area contributed by atoms with E-state index in [1.165, 1.54) is 19.3 Å². The molecule has 2 rings (SSSR count). The number of aromatic nitrogens is 2. The van der Waals surface area contributed by atoms with Crippen LogP contribution in [0.4, 0.5) is 0 Å². The standard InChI is InChI=1S/C9H11BrN2O/c10-8-4-11-9(13)12(6-8)5-7-2-1-3-7/h4,6-7H,1-3,5H2. The molecule has 0 atom stereocenters. The summed E-state index contributed by atoms with van der Waals surface area (Å²) < 4.78 is 2.56. The zero-order valence-electron chi connectivity index (χ0n) is 7.24. The Morgan fingerprint density at radius 2 is 2.38 bits per heavy atom. The van der Waals surface area contributed by atoms with Crippen LogP contribution >= 0.6 is 15.9 Å². The van der Waals surface area contributed by atoms with Crippen LogP contribution in [0.3, 0.4) is 0 Å². The van der Waals surface area contributed by atoms with E-state index < -0.39 is 0 Å². The summed E-state index contributed by atoms with van der Waals surface area (Å²) in [7, 11) is 0. The average Bonchev–Trinajstić information content (AvgIpc) is 2.03. The van der Waals surface area contributed by atoms with Crippen LogP contribution in [0.5, 0.6) is 0 Å². The molecule has 0 radical (unpaired) electrons. The number of rotatable bonds is 2. The Labute approximate surface area is 84.9 Å². The van der Waals surface area contributed by atoms with E-state index in [1.807, 2.05) is 6.20 Å². The molecule has 0 aromatic carbocycles. The van der Waals surface area contributed by atoms with Gasteiger partial charge in [0.05, 0.1) is 4.47 Å². The topological polar surface area (TPSA) is 34.9 Å². The molecule has 1 aliphatic carbocycles. The summed E-state index contributed by atoms with van der Waals surface area (Å²) in [6, 6.07) is 0. The van der Waals surface area contributed by atoms with Crippen molar-refractivity contribution in [2.24, 2.45) is 5.92 Å². The lowest BCUT2D eigenvalue weighted by Gasteiger charge is -2.25. The van der Waals surface area contributed by atoms with Gasteiger partial charge in [-0.05, 0) is 34.7 Å². The number of hydrogen-bond acceptors (Lipinski definition) is 2. The monoisotopic (exact) mass is 242 g/mol. The normalized spacial score (nSPS) is 17.0. The molecular formula is C9H11BrN2O. The van der Waals surface area contributed by atoms with Gasteiger partial charge in [0, 0.05) is 18.9 Å². The minimum Gasteiger partial charge on any atom is -0.298 e. The van der Waals surface area contributed by atoms with Crippen LogP contribution in [0.15, 0.2) is 21.7 Å². The third kappa shape index (κ3) is 1.99. The van der Waals surface area contributed by atoms with Crippen LogP contribution in [0.25, 0.3) is 0 Å². The van der Waals surface area contributed by atoms with Gasteiger partial charge in [-0.2, -0.15) is 0 Å². The lowest BCUT2D eigenvalue weighted by Crippen LogP contribution is -2.28. The van der Waals surface area contributed by atoms with Gasteiger partial charge in [0.1, 0.15) is 0 Å². The van der Waals surface area contributed by atoms with E-state index in [2.05, 4.69) is 20.9 Å². The van der Waals surface area contributed by atoms with Crippen LogP contribution in [-0.2, 0) is 6.54 Å². The van der Waals surface area contributed by atoms with Crippen molar-refractivity contribution in [2.45, 2.75) is 25.8 Å². The molecule has 1 aliphatic rings. The zero-order valence-corrected chi connectivity index (χ0v) is 8.83. The third-order valence-corrected chi connectivity index (χ3v) is 2.91. The van der Waals surface area contributed by atoms with Gasteiger partial charge < -0.3 is 0 Å². The highest BCUT2D eigenvalue weighted by Gasteiger charge is 2.18. The molecule has 1 aromatic heterocycles. The molecule has 0 amide bonds. The van der Waals surface area contributed by atoms with Gasteiger partial charge in [-0.25, -0.2) is 9.78 Å². The Morgan fingerprint density at radius 1 is 1.62 bits per heavy atom. The predicted molar refractivity (Wildman–Crippen MR) is 53.5 cm³/mol. The largest absolute Gasteiger partial charge is 0.347 e. The van der Waals surface area contributed by atoms with Crippen LogP contribution in [0.2, 0.25) is 0 Å². The molecule has 4 heteroatoms. The molecule has 1 heterocycles. The lowest BCUT2D eigenvalue weighted by molar-refractivity contribution is 0.272. The molecule has 0 aliphatic heterocycles. The first-order valence-electron chi connectivity index (χ1n) is 4.48. The summed E-state index contributed by atoms with van der Waals surface area (Å²) in [6.45, 7) is 0.825. The Morgan fingerprint density at radius 3 is 3.00 bits per heavy atom. The maximum atomic E-state index is 11.3. The zero-order chi connectivity index (χ0) is 9.26. The molecule has 1 fully saturated rings. The predicted octanol–water partition coefficient (Wildman–Crippen LogP) is 1.81. The second kappa shape index (κ2) is 3.62. The molecule has 13 heavy (non-hydrogen) atoms. The van der Waals surface area contributed by atoms with Crippen molar-refractivity contribution < 1.29 is 0 Å². The summed E-state index contributed by atoms with van der Waals surface area (Å²) in [5.74, 6) is 0.689. The number of hydrogen-bond donors (Lipinski definition) is 0. The van der Waals surface area contributed by atoms with Crippen LogP contribution < -0.4 is 5.69 Å². The van der Waals surface area contributed by atoms with Gasteiger partial charge in [0.2, 0.25) is 0 Å².